The number of hydrogen-bond donors (Lipinski definition) is 1. The second kappa shape index (κ2) is 4.76. The van der Waals surface area contributed by atoms with Gasteiger partial charge in [-0.3, -0.25) is 4.98 Å². The number of hydrogen-bond acceptors (Lipinski definition) is 3. The number of nitrogens with zero attached hydrogens (tertiary/aromatic N) is 2. The van der Waals surface area contributed by atoms with Gasteiger partial charge in [0.25, 0.3) is 0 Å². The Morgan fingerprint density at radius 3 is 2.71 bits per heavy atom. The Morgan fingerprint density at radius 1 is 1.19 bits per heavy atom. The van der Waals surface area contributed by atoms with Crippen LogP contribution in [0.1, 0.15) is 5.56 Å². The Labute approximate surface area is 117 Å². The van der Waals surface area contributed by atoms with Crippen molar-refractivity contribution in [2.45, 2.75) is 6.18 Å². The number of ether oxygens (including phenoxy) is 1. The largest absolute Gasteiger partial charge is 0.494 e. The van der Waals surface area contributed by atoms with E-state index in [4.69, 9.17) is 4.74 Å². The molecule has 21 heavy (non-hydrogen) atoms. The van der Waals surface area contributed by atoms with Gasteiger partial charge in [0.05, 0.1) is 35.5 Å². The number of H-pyrrole nitrogens is 1. The Hall–Kier alpha value is -2.57. The molecule has 4 nitrogen and oxygen atoms in total. The topological polar surface area (TPSA) is 50.8 Å². The first kappa shape index (κ1) is 13.4. The lowest BCUT2D eigenvalue weighted by atomic mass is 10.2. The van der Waals surface area contributed by atoms with Crippen molar-refractivity contribution in [2.75, 3.05) is 7.11 Å². The number of halogens is 3. The number of benzene rings is 1. The summed E-state index contributed by atoms with van der Waals surface area (Å²) < 4.78 is 43.3. The van der Waals surface area contributed by atoms with Crippen LogP contribution in [-0.2, 0) is 6.18 Å². The Morgan fingerprint density at radius 2 is 2.00 bits per heavy atom. The number of fused-ring (bicyclic) bond motifs is 1. The summed E-state index contributed by atoms with van der Waals surface area (Å²) in [4.78, 5) is 11.1. The summed E-state index contributed by atoms with van der Waals surface area (Å²) in [5.74, 6) is 0.927. The normalized spacial score (nSPS) is 11.8. The summed E-state index contributed by atoms with van der Waals surface area (Å²) in [6, 6.07) is 5.07. The maximum Gasteiger partial charge on any atom is 0.416 e. The Balaban J connectivity index is 2.13. The fraction of sp³-hybridized carbons (Fsp3) is 0.143. The third-order valence-electron chi connectivity index (χ3n) is 3.07. The van der Waals surface area contributed by atoms with Gasteiger partial charge in [0.15, 0.2) is 0 Å². The summed E-state index contributed by atoms with van der Waals surface area (Å²) in [5.41, 5.74) is 0.694. The number of methoxy groups -OCH3 is 1. The Bertz CT molecular complexity index is 796. The molecule has 0 radical (unpaired) electrons. The van der Waals surface area contributed by atoms with E-state index in [0.717, 1.165) is 12.1 Å². The minimum absolute atomic E-state index is 0.318. The van der Waals surface area contributed by atoms with E-state index in [2.05, 4.69) is 15.0 Å². The van der Waals surface area contributed by atoms with Crippen LogP contribution >= 0.6 is 0 Å². The first-order valence-corrected chi connectivity index (χ1v) is 6.04. The molecular weight excluding hydrogens is 283 g/mol. The molecule has 0 saturated carbocycles. The van der Waals surface area contributed by atoms with E-state index in [0.29, 0.717) is 28.2 Å². The number of aromatic nitrogens is 3. The van der Waals surface area contributed by atoms with Gasteiger partial charge in [0.2, 0.25) is 0 Å². The van der Waals surface area contributed by atoms with E-state index in [1.54, 1.807) is 12.3 Å². The minimum Gasteiger partial charge on any atom is -0.494 e. The average molecular weight is 293 g/mol. The van der Waals surface area contributed by atoms with Crippen molar-refractivity contribution in [2.24, 2.45) is 0 Å². The molecule has 1 aromatic carbocycles. The number of imidazole rings is 1. The fourth-order valence-corrected chi connectivity index (χ4v) is 2.05. The summed E-state index contributed by atoms with van der Waals surface area (Å²) in [7, 11) is 1.49. The fourth-order valence-electron chi connectivity index (χ4n) is 2.05. The molecule has 108 valence electrons. The highest BCUT2D eigenvalue weighted by Gasteiger charge is 2.30. The van der Waals surface area contributed by atoms with Crippen molar-refractivity contribution in [3.8, 4) is 17.1 Å². The first-order valence-electron chi connectivity index (χ1n) is 6.04. The van der Waals surface area contributed by atoms with Crippen LogP contribution in [0.3, 0.4) is 0 Å². The highest BCUT2D eigenvalue weighted by Crippen LogP contribution is 2.33. The summed E-state index contributed by atoms with van der Waals surface area (Å²) in [6.45, 7) is 0. The second-order valence-corrected chi connectivity index (χ2v) is 4.39. The van der Waals surface area contributed by atoms with Crippen LogP contribution in [0.5, 0.6) is 5.75 Å². The molecule has 0 saturated heterocycles. The van der Waals surface area contributed by atoms with Crippen molar-refractivity contribution < 1.29 is 17.9 Å². The van der Waals surface area contributed by atoms with E-state index < -0.39 is 11.7 Å². The van der Waals surface area contributed by atoms with Gasteiger partial charge in [-0.1, -0.05) is 0 Å². The van der Waals surface area contributed by atoms with Gasteiger partial charge in [-0.05, 0) is 24.3 Å². The molecule has 0 fully saturated rings. The molecule has 2 heterocycles. The van der Waals surface area contributed by atoms with Gasteiger partial charge in [-0.25, -0.2) is 4.98 Å². The summed E-state index contributed by atoms with van der Waals surface area (Å²) in [5, 5.41) is 0. The molecule has 2 aromatic heterocycles. The van der Waals surface area contributed by atoms with E-state index >= 15 is 0 Å². The molecule has 0 atom stereocenters. The third kappa shape index (κ3) is 2.42. The molecule has 3 rings (SSSR count). The molecule has 0 aliphatic heterocycles. The van der Waals surface area contributed by atoms with Gasteiger partial charge in [0.1, 0.15) is 11.6 Å². The van der Waals surface area contributed by atoms with Crippen LogP contribution < -0.4 is 4.74 Å². The maximum atomic E-state index is 12.7. The molecular formula is C14H10F3N3O. The smallest absolute Gasteiger partial charge is 0.416 e. The average Bonchev–Trinajstić information content (AvgIpc) is 2.89. The van der Waals surface area contributed by atoms with E-state index in [9.17, 15) is 13.2 Å². The SMILES string of the molecule is COc1cnccc1-c1nc2ccc(C(F)(F)F)cc2[nH]1. The molecule has 3 aromatic rings. The third-order valence-corrected chi connectivity index (χ3v) is 3.07. The highest BCUT2D eigenvalue weighted by molar-refractivity contribution is 5.81. The molecule has 1 N–H and O–H groups in total. The number of pyridine rings is 1. The lowest BCUT2D eigenvalue weighted by Gasteiger charge is -2.05. The van der Waals surface area contributed by atoms with Gasteiger partial charge in [-0.2, -0.15) is 13.2 Å². The molecule has 0 amide bonds. The predicted octanol–water partition coefficient (Wildman–Crippen LogP) is 3.65. The van der Waals surface area contributed by atoms with Gasteiger partial charge in [0, 0.05) is 6.20 Å². The molecule has 0 spiro atoms. The summed E-state index contributed by atoms with van der Waals surface area (Å²) >= 11 is 0. The minimum atomic E-state index is -4.38. The van der Waals surface area contributed by atoms with Crippen LogP contribution in [0, 0.1) is 0 Å². The number of aromatic amines is 1. The van der Waals surface area contributed by atoms with Gasteiger partial charge >= 0.3 is 6.18 Å². The van der Waals surface area contributed by atoms with Gasteiger partial charge in [-0.15, -0.1) is 0 Å². The van der Waals surface area contributed by atoms with E-state index in [1.165, 1.54) is 19.4 Å². The molecule has 0 bridgehead atoms. The Kier molecular flexibility index (Phi) is 3.04. The zero-order valence-corrected chi connectivity index (χ0v) is 10.9. The molecule has 7 heteroatoms. The number of nitrogens with one attached hydrogen (secondary N) is 1. The van der Waals surface area contributed by atoms with E-state index in [1.807, 2.05) is 0 Å². The molecule has 0 aliphatic carbocycles. The first-order chi connectivity index (χ1) is 9.99. The highest BCUT2D eigenvalue weighted by atomic mass is 19.4. The van der Waals surface area contributed by atoms with E-state index in [-0.39, 0.29) is 0 Å². The second-order valence-electron chi connectivity index (χ2n) is 4.39. The zero-order chi connectivity index (χ0) is 15.0. The monoisotopic (exact) mass is 293 g/mol. The lowest BCUT2D eigenvalue weighted by molar-refractivity contribution is -0.137. The lowest BCUT2D eigenvalue weighted by Crippen LogP contribution is -2.04. The van der Waals surface area contributed by atoms with Crippen molar-refractivity contribution in [1.29, 1.82) is 0 Å². The van der Waals surface area contributed by atoms with Crippen LogP contribution in [0.15, 0.2) is 36.7 Å². The van der Waals surface area contributed by atoms with Gasteiger partial charge < -0.3 is 9.72 Å². The van der Waals surface area contributed by atoms with Crippen molar-refractivity contribution >= 4 is 11.0 Å². The number of rotatable bonds is 2. The van der Waals surface area contributed by atoms with Crippen LogP contribution in [0.2, 0.25) is 0 Å². The van der Waals surface area contributed by atoms with Crippen molar-refractivity contribution in [3.63, 3.8) is 0 Å². The summed E-state index contributed by atoms with van der Waals surface area (Å²) in [6.07, 6.45) is -1.30. The van der Waals surface area contributed by atoms with Crippen LogP contribution in [0.4, 0.5) is 13.2 Å². The maximum absolute atomic E-state index is 12.7. The predicted molar refractivity (Wildman–Crippen MR) is 70.9 cm³/mol. The zero-order valence-electron chi connectivity index (χ0n) is 10.9. The number of alkyl halides is 3. The quantitative estimate of drug-likeness (QED) is 0.784. The standard InChI is InChI=1S/C14H10F3N3O/c1-21-12-7-18-5-4-9(12)13-19-10-3-2-8(14(15,16)17)6-11(10)20-13/h2-7H,1H3,(H,19,20). The molecule has 0 unspecified atom stereocenters. The molecule has 0 aliphatic rings. The van der Waals surface area contributed by atoms with Crippen LogP contribution in [0.25, 0.3) is 22.4 Å². The van der Waals surface area contributed by atoms with Crippen LogP contribution in [-0.4, -0.2) is 22.1 Å². The van der Waals surface area contributed by atoms with Crippen molar-refractivity contribution in [3.05, 3.63) is 42.2 Å². The van der Waals surface area contributed by atoms with Crippen molar-refractivity contribution in [1.82, 2.24) is 15.0 Å².